The van der Waals surface area contributed by atoms with E-state index >= 15 is 0 Å². The molecule has 164 valence electrons. The van der Waals surface area contributed by atoms with E-state index in [9.17, 15) is 4.79 Å². The van der Waals surface area contributed by atoms with E-state index in [4.69, 9.17) is 4.98 Å². The molecule has 1 aliphatic rings. The number of carbonyl (C=O) groups is 1. The zero-order chi connectivity index (χ0) is 22.4. The van der Waals surface area contributed by atoms with Crippen LogP contribution in [0.5, 0.6) is 0 Å². The number of hydrogen-bond donors (Lipinski definition) is 0. The van der Waals surface area contributed by atoms with Gasteiger partial charge in [0.05, 0.1) is 5.52 Å². The summed E-state index contributed by atoms with van der Waals surface area (Å²) < 4.78 is 2.07. The highest BCUT2D eigenvalue weighted by Gasteiger charge is 2.31. The summed E-state index contributed by atoms with van der Waals surface area (Å²) in [5, 5.41) is 10.1. The van der Waals surface area contributed by atoms with Crippen molar-refractivity contribution in [3.05, 3.63) is 54.1 Å². The molecule has 7 heteroatoms. The second-order valence-electron chi connectivity index (χ2n) is 8.96. The van der Waals surface area contributed by atoms with E-state index in [2.05, 4.69) is 51.5 Å². The van der Waals surface area contributed by atoms with Crippen molar-refractivity contribution in [2.45, 2.75) is 33.7 Å². The number of fused-ring (bicyclic) bond motifs is 3. The molecule has 2 aromatic carbocycles. The summed E-state index contributed by atoms with van der Waals surface area (Å²) in [7, 11) is 0. The molecule has 0 aliphatic carbocycles. The molecule has 1 saturated heterocycles. The first kappa shape index (κ1) is 20.4. The maximum Gasteiger partial charge on any atom is 0.225 e. The highest BCUT2D eigenvalue weighted by Crippen LogP contribution is 2.30. The van der Waals surface area contributed by atoms with Crippen LogP contribution in [0.15, 0.2) is 48.5 Å². The fourth-order valence-electron chi connectivity index (χ4n) is 4.55. The van der Waals surface area contributed by atoms with Gasteiger partial charge in [0, 0.05) is 42.5 Å². The smallest absolute Gasteiger partial charge is 0.225 e. The van der Waals surface area contributed by atoms with Crippen LogP contribution in [-0.4, -0.2) is 56.1 Å². The Morgan fingerprint density at radius 3 is 2.62 bits per heavy atom. The van der Waals surface area contributed by atoms with Gasteiger partial charge in [0.2, 0.25) is 11.9 Å². The predicted molar refractivity (Wildman–Crippen MR) is 127 cm³/mol. The van der Waals surface area contributed by atoms with Crippen LogP contribution in [0, 0.1) is 12.8 Å². The number of benzene rings is 2. The average molecular weight is 429 g/mol. The number of rotatable bonds is 3. The van der Waals surface area contributed by atoms with Gasteiger partial charge in [-0.1, -0.05) is 49.7 Å². The number of amides is 1. The minimum Gasteiger partial charge on any atom is -0.338 e. The van der Waals surface area contributed by atoms with Crippen molar-refractivity contribution < 1.29 is 4.79 Å². The third-order valence-corrected chi connectivity index (χ3v) is 6.19. The molecule has 1 fully saturated rings. The zero-order valence-corrected chi connectivity index (χ0v) is 19.0. The van der Waals surface area contributed by atoms with Gasteiger partial charge in [0.1, 0.15) is 0 Å². The number of carbonyl (C=O) groups excluding carboxylic acids is 1. The van der Waals surface area contributed by atoms with Gasteiger partial charge in [0.25, 0.3) is 0 Å². The van der Waals surface area contributed by atoms with E-state index in [0.29, 0.717) is 19.6 Å². The largest absolute Gasteiger partial charge is 0.338 e. The highest BCUT2D eigenvalue weighted by atomic mass is 16.2. The summed E-state index contributed by atoms with van der Waals surface area (Å²) in [6.07, 6.45) is 0. The second kappa shape index (κ2) is 7.89. The van der Waals surface area contributed by atoms with Crippen molar-refractivity contribution in [3.8, 4) is 11.4 Å². The summed E-state index contributed by atoms with van der Waals surface area (Å²) in [5.41, 5.74) is 3.88. The Morgan fingerprint density at radius 1 is 1.06 bits per heavy atom. The van der Waals surface area contributed by atoms with Gasteiger partial charge in [-0.15, -0.1) is 10.2 Å². The van der Waals surface area contributed by atoms with E-state index in [-0.39, 0.29) is 17.9 Å². The first-order valence-corrected chi connectivity index (χ1v) is 11.2. The topological polar surface area (TPSA) is 66.6 Å². The first-order valence-electron chi connectivity index (χ1n) is 11.2. The van der Waals surface area contributed by atoms with Crippen LogP contribution >= 0.6 is 0 Å². The van der Waals surface area contributed by atoms with E-state index in [1.54, 1.807) is 0 Å². The van der Waals surface area contributed by atoms with Gasteiger partial charge in [-0.25, -0.2) is 9.38 Å². The summed E-state index contributed by atoms with van der Waals surface area (Å²) in [5.74, 6) is 1.81. The van der Waals surface area contributed by atoms with Gasteiger partial charge in [-0.05, 0) is 32.0 Å². The molecule has 5 rings (SSSR count). The van der Waals surface area contributed by atoms with Crippen molar-refractivity contribution in [2.24, 2.45) is 5.92 Å². The number of nitrogens with zero attached hydrogens (tertiary/aromatic N) is 6. The molecular weight excluding hydrogens is 400 g/mol. The molecule has 1 unspecified atom stereocenters. The molecule has 0 saturated carbocycles. The van der Waals surface area contributed by atoms with Gasteiger partial charge < -0.3 is 9.80 Å². The lowest BCUT2D eigenvalue weighted by molar-refractivity contribution is -0.136. The molecular formula is C25H28N6O. The number of para-hydroxylation sites is 1. The molecule has 0 radical (unpaired) electrons. The second-order valence-corrected chi connectivity index (χ2v) is 8.96. The number of aromatic nitrogens is 4. The normalized spacial score (nSPS) is 17.0. The molecule has 4 aromatic rings. The monoisotopic (exact) mass is 428 g/mol. The predicted octanol–water partition coefficient (Wildman–Crippen LogP) is 3.95. The Morgan fingerprint density at radius 2 is 1.88 bits per heavy atom. The molecule has 1 aliphatic heterocycles. The van der Waals surface area contributed by atoms with Crippen LogP contribution in [-0.2, 0) is 4.79 Å². The fourth-order valence-corrected chi connectivity index (χ4v) is 4.55. The summed E-state index contributed by atoms with van der Waals surface area (Å²) >= 11 is 0. The summed E-state index contributed by atoms with van der Waals surface area (Å²) in [6.45, 7) is 10.2. The van der Waals surface area contributed by atoms with Gasteiger partial charge in [-0.3, -0.25) is 4.79 Å². The zero-order valence-electron chi connectivity index (χ0n) is 19.0. The van der Waals surface area contributed by atoms with Crippen LogP contribution in [0.3, 0.4) is 0 Å². The lowest BCUT2D eigenvalue weighted by atomic mass is 10.1. The molecule has 0 bridgehead atoms. The van der Waals surface area contributed by atoms with E-state index in [1.165, 1.54) is 5.56 Å². The molecule has 0 spiro atoms. The number of aryl methyl sites for hydroxylation is 1. The fraction of sp³-hybridized carbons (Fsp3) is 0.360. The maximum absolute atomic E-state index is 12.6. The number of hydrogen-bond acceptors (Lipinski definition) is 5. The summed E-state index contributed by atoms with van der Waals surface area (Å²) in [6, 6.07) is 16.5. The SMILES string of the molecule is Cc1cccc(-c2nnc3c4ccccc4nc(N4CCN(C(=O)C(C)C)C(C)C4)n23)c1. The van der Waals surface area contributed by atoms with Gasteiger partial charge in [-0.2, -0.15) is 0 Å². The van der Waals surface area contributed by atoms with E-state index in [0.717, 1.165) is 33.9 Å². The van der Waals surface area contributed by atoms with Crippen LogP contribution in [0.4, 0.5) is 5.95 Å². The Hall–Kier alpha value is -3.48. The number of piperazine rings is 1. The molecule has 0 N–H and O–H groups in total. The van der Waals surface area contributed by atoms with Gasteiger partial charge >= 0.3 is 0 Å². The van der Waals surface area contributed by atoms with Crippen LogP contribution in [0.2, 0.25) is 0 Å². The summed E-state index contributed by atoms with van der Waals surface area (Å²) in [4.78, 5) is 21.9. The minimum atomic E-state index is 0.000252. The standard InChI is InChI=1S/C25H28N6O/c1-16(2)24(32)30-13-12-29(15-18(30)4)25-26-21-11-6-5-10-20(21)23-28-27-22(31(23)25)19-9-7-8-17(3)14-19/h5-11,14,16,18H,12-13,15H2,1-4H3. The van der Waals surface area contributed by atoms with Crippen LogP contribution < -0.4 is 4.90 Å². The number of anilines is 1. The Balaban J connectivity index is 1.65. The van der Waals surface area contributed by atoms with Crippen molar-refractivity contribution in [2.75, 3.05) is 24.5 Å². The Bertz CT molecular complexity index is 1310. The highest BCUT2D eigenvalue weighted by molar-refractivity contribution is 5.93. The third kappa shape index (κ3) is 3.38. The van der Waals surface area contributed by atoms with Crippen LogP contribution in [0.1, 0.15) is 26.3 Å². The molecule has 7 nitrogen and oxygen atoms in total. The van der Waals surface area contributed by atoms with Gasteiger partial charge in [0.15, 0.2) is 11.5 Å². The van der Waals surface area contributed by atoms with Crippen molar-refractivity contribution in [3.63, 3.8) is 0 Å². The maximum atomic E-state index is 12.6. The lowest BCUT2D eigenvalue weighted by Gasteiger charge is -2.41. The minimum absolute atomic E-state index is 0.000252. The molecule has 2 aromatic heterocycles. The van der Waals surface area contributed by atoms with E-state index < -0.39 is 0 Å². The lowest BCUT2D eigenvalue weighted by Crippen LogP contribution is -2.55. The van der Waals surface area contributed by atoms with Crippen molar-refractivity contribution in [1.82, 2.24) is 24.5 Å². The molecule has 3 heterocycles. The Kier molecular flexibility index (Phi) is 5.04. The van der Waals surface area contributed by atoms with Crippen LogP contribution in [0.25, 0.3) is 27.9 Å². The quantitative estimate of drug-likeness (QED) is 0.494. The molecule has 1 amide bonds. The Labute approximate surface area is 187 Å². The van der Waals surface area contributed by atoms with Crippen molar-refractivity contribution in [1.29, 1.82) is 0 Å². The average Bonchev–Trinajstić information content (AvgIpc) is 3.23. The molecule has 1 atom stereocenters. The van der Waals surface area contributed by atoms with Crippen molar-refractivity contribution >= 4 is 28.4 Å². The molecule has 32 heavy (non-hydrogen) atoms. The van der Waals surface area contributed by atoms with E-state index in [1.807, 2.05) is 49.1 Å². The third-order valence-electron chi connectivity index (χ3n) is 6.19. The first-order chi connectivity index (χ1) is 15.4.